The van der Waals surface area contributed by atoms with E-state index in [-0.39, 0.29) is 25.3 Å². The van der Waals surface area contributed by atoms with Crippen LogP contribution in [0.25, 0.3) is 0 Å². The summed E-state index contributed by atoms with van der Waals surface area (Å²) in [7, 11) is 0. The van der Waals surface area contributed by atoms with Crippen molar-refractivity contribution in [3.8, 4) is 5.75 Å². The number of nitrogens with zero attached hydrogens (tertiary/aromatic N) is 1. The molecule has 2 heterocycles. The zero-order chi connectivity index (χ0) is 30.7. The summed E-state index contributed by atoms with van der Waals surface area (Å²) in [5.41, 5.74) is 1.36. The molecule has 0 radical (unpaired) electrons. The topological polar surface area (TPSA) is 128 Å². The first kappa shape index (κ1) is 31.6. The zero-order valence-corrected chi connectivity index (χ0v) is 24.0. The molecular weight excluding hydrogens is 575 g/mol. The van der Waals surface area contributed by atoms with Gasteiger partial charge in [-0.2, -0.15) is 13.2 Å². The van der Waals surface area contributed by atoms with E-state index in [0.29, 0.717) is 11.3 Å². The quantitative estimate of drug-likeness (QED) is 0.344. The molecule has 0 unspecified atom stereocenters. The number of fused-ring (bicyclic) bond motifs is 1. The molecule has 13 heteroatoms. The van der Waals surface area contributed by atoms with Crippen LogP contribution in [0, 0.1) is 5.92 Å². The zero-order valence-electron chi connectivity index (χ0n) is 23.1. The Hall–Kier alpha value is -3.29. The Balaban J connectivity index is 1.52. The fourth-order valence-electron chi connectivity index (χ4n) is 5.23. The van der Waals surface area contributed by atoms with Crippen molar-refractivity contribution in [1.82, 2.24) is 15.5 Å². The molecule has 1 saturated heterocycles. The van der Waals surface area contributed by atoms with Crippen LogP contribution in [0.2, 0.25) is 0 Å². The highest BCUT2D eigenvalue weighted by Crippen LogP contribution is 2.40. The van der Waals surface area contributed by atoms with Gasteiger partial charge in [-0.1, -0.05) is 48.5 Å². The number of carbonyl (C=O) groups excluding carboxylic acids is 3. The number of ether oxygens (including phenoxy) is 1. The molecule has 4 N–H and O–H groups in total. The summed E-state index contributed by atoms with van der Waals surface area (Å²) in [4.78, 5) is 40.9. The first-order chi connectivity index (χ1) is 19.8. The van der Waals surface area contributed by atoms with Crippen molar-refractivity contribution in [3.63, 3.8) is 0 Å². The van der Waals surface area contributed by atoms with Crippen LogP contribution in [-0.4, -0.2) is 81.0 Å². The fourth-order valence-corrected chi connectivity index (χ4v) is 6.37. The highest BCUT2D eigenvalue weighted by Gasteiger charge is 2.49. The number of hydrogen-bond donors (Lipinski definition) is 4. The number of nitrogens with one attached hydrogen (secondary N) is 2. The molecule has 0 spiro atoms. The van der Waals surface area contributed by atoms with E-state index in [9.17, 15) is 37.8 Å². The number of hydrogen-bond acceptors (Lipinski definition) is 7. The Morgan fingerprint density at radius 2 is 1.79 bits per heavy atom. The molecule has 42 heavy (non-hydrogen) atoms. The number of carbonyl (C=O) groups is 3. The van der Waals surface area contributed by atoms with Crippen molar-refractivity contribution in [2.75, 3.05) is 19.0 Å². The maximum atomic E-state index is 13.6. The first-order valence-corrected chi connectivity index (χ1v) is 14.5. The van der Waals surface area contributed by atoms with E-state index in [4.69, 9.17) is 4.74 Å². The normalized spacial score (nSPS) is 22.8. The second-order valence-electron chi connectivity index (χ2n) is 11.0. The molecular formula is C29H34F3N3O6S. The summed E-state index contributed by atoms with van der Waals surface area (Å²) in [5, 5.41) is 26.4. The van der Waals surface area contributed by atoms with Gasteiger partial charge in [-0.15, -0.1) is 11.8 Å². The highest BCUT2D eigenvalue weighted by molar-refractivity contribution is 8.00. The number of para-hydroxylation sites is 1. The molecule has 9 nitrogen and oxygen atoms in total. The summed E-state index contributed by atoms with van der Waals surface area (Å²) in [6.07, 6.45) is -7.54. The van der Waals surface area contributed by atoms with Crippen LogP contribution in [-0.2, 0) is 20.8 Å². The largest absolute Gasteiger partial charge is 0.490 e. The lowest BCUT2D eigenvalue weighted by Gasteiger charge is -2.33. The van der Waals surface area contributed by atoms with Gasteiger partial charge in [0.2, 0.25) is 11.8 Å². The van der Waals surface area contributed by atoms with Gasteiger partial charge in [-0.25, -0.2) is 0 Å². The lowest BCUT2D eigenvalue weighted by atomic mass is 9.90. The van der Waals surface area contributed by atoms with E-state index in [1.54, 1.807) is 62.4 Å². The van der Waals surface area contributed by atoms with E-state index in [1.807, 2.05) is 11.4 Å². The van der Waals surface area contributed by atoms with Crippen molar-refractivity contribution in [3.05, 3.63) is 65.7 Å². The number of halogens is 3. The predicted octanol–water partition coefficient (Wildman–Crippen LogP) is 2.57. The van der Waals surface area contributed by atoms with E-state index in [0.717, 1.165) is 10.5 Å². The number of benzene rings is 2. The average molecular weight is 610 g/mol. The number of aliphatic hydroxyl groups is 2. The highest BCUT2D eigenvalue weighted by atomic mass is 32.2. The van der Waals surface area contributed by atoms with Crippen LogP contribution in [0.4, 0.5) is 13.2 Å². The third-order valence-corrected chi connectivity index (χ3v) is 8.75. The molecule has 0 bridgehead atoms. The second-order valence-corrected chi connectivity index (χ2v) is 12.6. The summed E-state index contributed by atoms with van der Waals surface area (Å²) in [6, 6.07) is 13.9. The third kappa shape index (κ3) is 7.56. The smallest absolute Gasteiger partial charge is 0.405 e. The Morgan fingerprint density at radius 1 is 1.12 bits per heavy atom. The van der Waals surface area contributed by atoms with E-state index < -0.39 is 65.4 Å². The van der Waals surface area contributed by atoms with Gasteiger partial charge in [0.15, 0.2) is 0 Å². The van der Waals surface area contributed by atoms with Gasteiger partial charge >= 0.3 is 6.18 Å². The molecule has 0 aliphatic carbocycles. The minimum atomic E-state index is -4.63. The van der Waals surface area contributed by atoms with Crippen molar-refractivity contribution in [2.24, 2.45) is 5.92 Å². The second kappa shape index (κ2) is 12.9. The molecule has 1 fully saturated rings. The van der Waals surface area contributed by atoms with E-state index >= 15 is 0 Å². The summed E-state index contributed by atoms with van der Waals surface area (Å²) in [6.45, 7) is 1.69. The standard InChI is InChI=1S/C29H34F3N3O6S/c1-28(2)24(26(39)33-15-29(30,31)32)35(16-42-28)27(40)20(36)13-18(12-17-8-4-3-5-9-17)25(38)34-23-19-10-6-7-11-22(19)41-14-21(23)37/h3-11,18,20-21,23-24,36-37H,12-16H2,1-2H3,(H,33,39)(H,34,38)/t18-,20+,21-,23+,24-/m1/s1. The van der Waals surface area contributed by atoms with Gasteiger partial charge in [0, 0.05) is 16.2 Å². The van der Waals surface area contributed by atoms with Crippen LogP contribution in [0.15, 0.2) is 54.6 Å². The third-order valence-electron chi connectivity index (χ3n) is 7.38. The molecule has 0 saturated carbocycles. The maximum absolute atomic E-state index is 13.6. The minimum Gasteiger partial charge on any atom is -0.490 e. The van der Waals surface area contributed by atoms with Crippen LogP contribution in [0.5, 0.6) is 5.75 Å². The van der Waals surface area contributed by atoms with Gasteiger partial charge in [0.25, 0.3) is 5.91 Å². The van der Waals surface area contributed by atoms with Crippen molar-refractivity contribution in [1.29, 1.82) is 0 Å². The van der Waals surface area contributed by atoms with Gasteiger partial charge in [0.1, 0.15) is 37.2 Å². The SMILES string of the molecule is CC1(C)SCN(C(=O)[C@@H](O)C[C@@H](Cc2ccccc2)C(=O)N[C@H]2c3ccccc3OC[C@H]2O)[C@@H]1C(=O)NCC(F)(F)F. The summed E-state index contributed by atoms with van der Waals surface area (Å²) >= 11 is 1.20. The molecule has 5 atom stereocenters. The van der Waals surface area contributed by atoms with Gasteiger partial charge in [-0.05, 0) is 38.3 Å². The summed E-state index contributed by atoms with van der Waals surface area (Å²) < 4.78 is 42.9. The molecule has 2 aromatic carbocycles. The van der Waals surface area contributed by atoms with Crippen molar-refractivity contribution in [2.45, 2.75) is 61.9 Å². The minimum absolute atomic E-state index is 0.0202. The Bertz CT molecular complexity index is 1280. The average Bonchev–Trinajstić information content (AvgIpc) is 3.27. The molecule has 2 aliphatic rings. The van der Waals surface area contributed by atoms with Gasteiger partial charge in [-0.3, -0.25) is 14.4 Å². The Labute approximate surface area is 245 Å². The van der Waals surface area contributed by atoms with E-state index in [1.165, 1.54) is 11.8 Å². The molecule has 228 valence electrons. The van der Waals surface area contributed by atoms with E-state index in [2.05, 4.69) is 5.32 Å². The molecule has 2 aromatic rings. The monoisotopic (exact) mass is 609 g/mol. The number of alkyl halides is 3. The maximum Gasteiger partial charge on any atom is 0.405 e. The van der Waals surface area contributed by atoms with Crippen molar-refractivity contribution < 1.29 is 42.5 Å². The lowest BCUT2D eigenvalue weighted by molar-refractivity contribution is -0.150. The number of thioether (sulfide) groups is 1. The van der Waals surface area contributed by atoms with Crippen LogP contribution in [0.3, 0.4) is 0 Å². The molecule has 3 amide bonds. The number of amides is 3. The van der Waals surface area contributed by atoms with Crippen LogP contribution >= 0.6 is 11.8 Å². The summed E-state index contributed by atoms with van der Waals surface area (Å²) in [5.74, 6) is -2.77. The van der Waals surface area contributed by atoms with Gasteiger partial charge in [0.05, 0.1) is 11.9 Å². The predicted molar refractivity (Wildman–Crippen MR) is 149 cm³/mol. The Morgan fingerprint density at radius 3 is 2.48 bits per heavy atom. The van der Waals surface area contributed by atoms with Gasteiger partial charge < -0.3 is 30.5 Å². The first-order valence-electron chi connectivity index (χ1n) is 13.5. The Kier molecular flexibility index (Phi) is 9.74. The van der Waals surface area contributed by atoms with Crippen LogP contribution in [0.1, 0.15) is 37.4 Å². The van der Waals surface area contributed by atoms with Crippen LogP contribution < -0.4 is 15.4 Å². The molecule has 0 aromatic heterocycles. The van der Waals surface area contributed by atoms with Crippen molar-refractivity contribution >= 4 is 29.5 Å². The molecule has 2 aliphatic heterocycles. The number of rotatable bonds is 9. The molecule has 4 rings (SSSR count). The number of aliphatic hydroxyl groups excluding tert-OH is 2. The fraction of sp³-hybridized carbons (Fsp3) is 0.483. The lowest BCUT2D eigenvalue weighted by Crippen LogP contribution is -2.56.